The lowest BCUT2D eigenvalue weighted by Crippen LogP contribution is -2.56. The molecule has 1 amide bonds. The first-order valence-corrected chi connectivity index (χ1v) is 11.8. The molecule has 1 fully saturated rings. The molecule has 0 unspecified atom stereocenters. The van der Waals surface area contributed by atoms with Crippen LogP contribution in [0.5, 0.6) is 5.75 Å². The molecule has 2 aliphatic heterocycles. The lowest BCUT2D eigenvalue weighted by atomic mass is 10.1. The van der Waals surface area contributed by atoms with Crippen LogP contribution in [0.2, 0.25) is 5.02 Å². The molecule has 10 heteroatoms. The van der Waals surface area contributed by atoms with Crippen LogP contribution in [-0.2, 0) is 17.7 Å². The van der Waals surface area contributed by atoms with E-state index in [2.05, 4.69) is 4.98 Å². The number of nitrogens with zero attached hydrogens (tertiary/aromatic N) is 3. The molecule has 0 bridgehead atoms. The Morgan fingerprint density at radius 1 is 1.36 bits per heavy atom. The van der Waals surface area contributed by atoms with Gasteiger partial charge in [0.2, 0.25) is 5.43 Å². The van der Waals surface area contributed by atoms with Crippen molar-refractivity contribution in [3.63, 3.8) is 0 Å². The third-order valence-electron chi connectivity index (χ3n) is 6.18. The van der Waals surface area contributed by atoms with Crippen LogP contribution >= 0.6 is 22.9 Å². The van der Waals surface area contributed by atoms with Crippen molar-refractivity contribution >= 4 is 28.8 Å². The fourth-order valence-corrected chi connectivity index (χ4v) is 5.66. The van der Waals surface area contributed by atoms with E-state index < -0.39 is 29.1 Å². The third-order valence-corrected chi connectivity index (χ3v) is 7.67. The van der Waals surface area contributed by atoms with Gasteiger partial charge in [-0.3, -0.25) is 9.59 Å². The zero-order valence-corrected chi connectivity index (χ0v) is 19.5. The number of carbonyl (C=O) groups excluding carboxylic acids is 1. The van der Waals surface area contributed by atoms with Crippen molar-refractivity contribution in [2.45, 2.75) is 45.5 Å². The average Bonchev–Trinajstić information content (AvgIpc) is 3.13. The Bertz CT molecular complexity index is 1340. The van der Waals surface area contributed by atoms with Gasteiger partial charge in [-0.1, -0.05) is 23.7 Å². The normalized spacial score (nSPS) is 20.0. The molecule has 5 rings (SSSR count). The molecule has 4 heterocycles. The average molecular weight is 490 g/mol. The summed E-state index contributed by atoms with van der Waals surface area (Å²) in [6.45, 7) is 4.55. The minimum absolute atomic E-state index is 0.0353. The molecule has 0 radical (unpaired) electrons. The smallest absolute Gasteiger partial charge is 0.276 e. The number of hydrogen-bond acceptors (Lipinski definition) is 6. The minimum Gasteiger partial charge on any atom is -0.503 e. The summed E-state index contributed by atoms with van der Waals surface area (Å²) in [6.07, 6.45) is 2.06. The van der Waals surface area contributed by atoms with Crippen LogP contribution in [0.1, 0.15) is 40.0 Å². The first-order valence-electron chi connectivity index (χ1n) is 10.6. The third kappa shape index (κ3) is 3.64. The number of pyridine rings is 1. The predicted octanol–water partition coefficient (Wildman–Crippen LogP) is 3.96. The van der Waals surface area contributed by atoms with Crippen LogP contribution in [-0.4, -0.2) is 44.3 Å². The highest BCUT2D eigenvalue weighted by molar-refractivity contribution is 7.15. The van der Waals surface area contributed by atoms with E-state index in [0.717, 1.165) is 4.88 Å². The van der Waals surface area contributed by atoms with Crippen molar-refractivity contribution in [3.05, 3.63) is 67.3 Å². The van der Waals surface area contributed by atoms with Gasteiger partial charge in [-0.05, 0) is 31.9 Å². The summed E-state index contributed by atoms with van der Waals surface area (Å²) in [4.78, 5) is 33.0. The summed E-state index contributed by atoms with van der Waals surface area (Å²) in [5, 5.41) is 11.1. The second-order valence-corrected chi connectivity index (χ2v) is 9.81. The lowest BCUT2D eigenvalue weighted by molar-refractivity contribution is -0.112. The predicted molar refractivity (Wildman–Crippen MR) is 122 cm³/mol. The van der Waals surface area contributed by atoms with Crippen molar-refractivity contribution in [2.75, 3.05) is 6.61 Å². The number of ether oxygens (including phenoxy) is 1. The summed E-state index contributed by atoms with van der Waals surface area (Å²) in [6, 6.07) is 4.78. The molecule has 1 saturated heterocycles. The number of thiazole rings is 1. The van der Waals surface area contributed by atoms with Crippen LogP contribution in [0.25, 0.3) is 10.6 Å². The van der Waals surface area contributed by atoms with Gasteiger partial charge in [-0.2, -0.15) is 0 Å². The van der Waals surface area contributed by atoms with Crippen molar-refractivity contribution in [1.82, 2.24) is 14.5 Å². The maximum Gasteiger partial charge on any atom is 0.276 e. The van der Waals surface area contributed by atoms with Crippen molar-refractivity contribution in [1.29, 1.82) is 0 Å². The number of halogens is 2. The fraction of sp³-hybridized carbons (Fsp3) is 0.348. The Morgan fingerprint density at radius 3 is 2.94 bits per heavy atom. The fourth-order valence-electron chi connectivity index (χ4n) is 4.38. The molecule has 1 aromatic carbocycles. The van der Waals surface area contributed by atoms with Crippen LogP contribution in [0.3, 0.4) is 0 Å². The Morgan fingerprint density at radius 2 is 2.15 bits per heavy atom. The van der Waals surface area contributed by atoms with Gasteiger partial charge in [0.1, 0.15) is 10.8 Å². The number of rotatable bonds is 3. The number of hydrogen-bond donors (Lipinski definition) is 1. The molecule has 0 saturated carbocycles. The summed E-state index contributed by atoms with van der Waals surface area (Å²) in [7, 11) is 0. The molecule has 2 aliphatic rings. The Hall–Kier alpha value is -2.75. The second-order valence-electron chi connectivity index (χ2n) is 8.31. The van der Waals surface area contributed by atoms with E-state index in [1.807, 2.05) is 6.92 Å². The quantitative estimate of drug-likeness (QED) is 0.602. The van der Waals surface area contributed by atoms with Crippen LogP contribution < -0.4 is 5.43 Å². The summed E-state index contributed by atoms with van der Waals surface area (Å²) in [5.41, 5.74) is 0.578. The number of fused-ring (bicyclic) bond motifs is 2. The van der Waals surface area contributed by atoms with E-state index in [1.165, 1.54) is 17.4 Å². The van der Waals surface area contributed by atoms with Crippen LogP contribution in [0.4, 0.5) is 4.39 Å². The molecular formula is C23H21ClFN3O4S. The SMILES string of the molecule is Cc1nc(-c2cn3c(c(O)c2=O)C(=O)N2[C@H](C)CCO[C@H]2C3)sc1Cc1cccc(Cl)c1F. The minimum atomic E-state index is -0.659. The van der Waals surface area contributed by atoms with Crippen LogP contribution in [0, 0.1) is 12.7 Å². The second kappa shape index (κ2) is 8.23. The van der Waals surface area contributed by atoms with Crippen molar-refractivity contribution in [3.8, 4) is 16.3 Å². The molecular weight excluding hydrogens is 469 g/mol. The Balaban J connectivity index is 1.55. The molecule has 2 aromatic heterocycles. The van der Waals surface area contributed by atoms with Gasteiger partial charge >= 0.3 is 0 Å². The zero-order chi connectivity index (χ0) is 23.4. The van der Waals surface area contributed by atoms with Crippen LogP contribution in [0.15, 0.2) is 29.2 Å². The standard InChI is InChI=1S/C23H21ClFN3O4S/c1-11-6-7-32-17-10-27-9-14(20(29)21(30)19(27)23(31)28(11)17)22-26-12(2)16(33-22)8-13-4-3-5-15(24)18(13)25/h3-5,9,11,17,30H,6-8,10H2,1-2H3/t11-,17+/m1/s1. The summed E-state index contributed by atoms with van der Waals surface area (Å²) >= 11 is 7.14. The Kier molecular flexibility index (Phi) is 5.50. The molecule has 33 heavy (non-hydrogen) atoms. The highest BCUT2D eigenvalue weighted by Gasteiger charge is 2.40. The molecule has 2 atom stereocenters. The molecule has 1 N–H and O–H groups in total. The number of benzene rings is 1. The molecule has 7 nitrogen and oxygen atoms in total. The molecule has 0 spiro atoms. The van der Waals surface area contributed by atoms with Crippen molar-refractivity contribution in [2.24, 2.45) is 0 Å². The number of aromatic hydroxyl groups is 1. The van der Waals surface area contributed by atoms with Gasteiger partial charge in [0, 0.05) is 23.5 Å². The van der Waals surface area contributed by atoms with E-state index >= 15 is 0 Å². The van der Waals surface area contributed by atoms with Gasteiger partial charge < -0.3 is 19.3 Å². The van der Waals surface area contributed by atoms with E-state index in [1.54, 1.807) is 34.7 Å². The molecule has 3 aromatic rings. The van der Waals surface area contributed by atoms with Crippen molar-refractivity contribution < 1.29 is 19.0 Å². The maximum absolute atomic E-state index is 14.4. The van der Waals surface area contributed by atoms with E-state index in [9.17, 15) is 19.1 Å². The van der Waals surface area contributed by atoms with Gasteiger partial charge in [0.15, 0.2) is 17.7 Å². The van der Waals surface area contributed by atoms with Gasteiger partial charge in [0.25, 0.3) is 5.91 Å². The van der Waals surface area contributed by atoms with Gasteiger partial charge in [-0.25, -0.2) is 9.37 Å². The number of aromatic nitrogens is 2. The first-order chi connectivity index (χ1) is 15.8. The maximum atomic E-state index is 14.4. The van der Waals surface area contributed by atoms with E-state index in [4.69, 9.17) is 16.3 Å². The first kappa shape index (κ1) is 22.1. The summed E-state index contributed by atoms with van der Waals surface area (Å²) < 4.78 is 21.7. The van der Waals surface area contributed by atoms with Gasteiger partial charge in [0.05, 0.1) is 29.4 Å². The number of carbonyl (C=O) groups is 1. The highest BCUT2D eigenvalue weighted by Crippen LogP contribution is 2.34. The highest BCUT2D eigenvalue weighted by atomic mass is 35.5. The van der Waals surface area contributed by atoms with Gasteiger partial charge in [-0.15, -0.1) is 11.3 Å². The number of aryl methyl sites for hydroxylation is 1. The monoisotopic (exact) mass is 489 g/mol. The van der Waals surface area contributed by atoms with E-state index in [-0.39, 0.29) is 28.7 Å². The van der Waals surface area contributed by atoms with E-state index in [0.29, 0.717) is 35.8 Å². The number of amides is 1. The molecule has 172 valence electrons. The summed E-state index contributed by atoms with van der Waals surface area (Å²) in [5.74, 6) is -1.50. The topological polar surface area (TPSA) is 84.7 Å². The molecule has 0 aliphatic carbocycles. The largest absolute Gasteiger partial charge is 0.503 e. The zero-order valence-electron chi connectivity index (χ0n) is 18.0. The lowest BCUT2D eigenvalue weighted by Gasteiger charge is -2.44. The Labute approximate surface area is 198 Å².